The van der Waals surface area contributed by atoms with Crippen LogP contribution in [0.15, 0.2) is 35.9 Å². The number of ketones is 2. The molecule has 0 saturated carbocycles. The Morgan fingerprint density at radius 1 is 1.15 bits per heavy atom. The van der Waals surface area contributed by atoms with Gasteiger partial charge in [0.15, 0.2) is 11.6 Å². The normalized spacial score (nSPS) is 16.0. The maximum absolute atomic E-state index is 12.8. The van der Waals surface area contributed by atoms with Gasteiger partial charge in [0.1, 0.15) is 23.7 Å². The zero-order chi connectivity index (χ0) is 19.5. The number of ether oxygens (including phenoxy) is 3. The van der Waals surface area contributed by atoms with Crippen molar-refractivity contribution in [3.05, 3.63) is 47.1 Å². The van der Waals surface area contributed by atoms with Gasteiger partial charge >= 0.3 is 5.97 Å². The van der Waals surface area contributed by atoms with Crippen LogP contribution >= 0.6 is 0 Å². The SMILES string of the molecule is COc1ccc(OC)c2c1C(=O)C=C(/C=C/[C@](C)(O)COC(C)=O)C2=O. The van der Waals surface area contributed by atoms with E-state index in [1.807, 2.05) is 0 Å². The highest BCUT2D eigenvalue weighted by molar-refractivity contribution is 6.27. The first-order chi connectivity index (χ1) is 12.2. The third kappa shape index (κ3) is 4.00. The molecule has 0 saturated heterocycles. The molecule has 1 atom stereocenters. The Morgan fingerprint density at radius 2 is 1.73 bits per heavy atom. The van der Waals surface area contributed by atoms with Crippen LogP contribution in [0.2, 0.25) is 0 Å². The fourth-order valence-electron chi connectivity index (χ4n) is 2.49. The van der Waals surface area contributed by atoms with Gasteiger partial charge in [-0.2, -0.15) is 0 Å². The van der Waals surface area contributed by atoms with Gasteiger partial charge in [-0.25, -0.2) is 0 Å². The predicted molar refractivity (Wildman–Crippen MR) is 92.7 cm³/mol. The molecule has 0 aromatic heterocycles. The molecule has 1 aliphatic rings. The Kier molecular flexibility index (Phi) is 5.62. The summed E-state index contributed by atoms with van der Waals surface area (Å²) in [5.41, 5.74) is -1.16. The number of benzene rings is 1. The van der Waals surface area contributed by atoms with Gasteiger partial charge in [0, 0.05) is 12.5 Å². The van der Waals surface area contributed by atoms with E-state index in [2.05, 4.69) is 0 Å². The van der Waals surface area contributed by atoms with Crippen LogP contribution in [0.1, 0.15) is 34.6 Å². The van der Waals surface area contributed by atoms with Crippen LogP contribution in [0.4, 0.5) is 0 Å². The number of Topliss-reactive ketones (excluding diaryl/α,β-unsaturated/α-hetero) is 1. The third-order valence-electron chi connectivity index (χ3n) is 3.78. The fraction of sp³-hybridized carbons (Fsp3) is 0.316. The maximum Gasteiger partial charge on any atom is 0.302 e. The molecule has 0 radical (unpaired) electrons. The zero-order valence-electron chi connectivity index (χ0n) is 15.0. The molecule has 0 spiro atoms. The van der Waals surface area contributed by atoms with Gasteiger partial charge in [0.25, 0.3) is 0 Å². The van der Waals surface area contributed by atoms with E-state index in [-0.39, 0.29) is 34.8 Å². The van der Waals surface area contributed by atoms with Crippen LogP contribution < -0.4 is 9.47 Å². The standard InChI is InChI=1S/C19H20O7/c1-11(20)26-10-19(2,23)8-7-12-9-13(21)16-14(24-3)5-6-15(25-4)17(16)18(12)22/h5-9,23H,10H2,1-4H3/b8-7+/t19-/m0/s1. The number of aliphatic hydroxyl groups is 1. The molecule has 1 aromatic rings. The Labute approximate surface area is 150 Å². The molecule has 2 rings (SSSR count). The highest BCUT2D eigenvalue weighted by atomic mass is 16.5. The van der Waals surface area contributed by atoms with Crippen LogP contribution in [-0.2, 0) is 9.53 Å². The van der Waals surface area contributed by atoms with Gasteiger partial charge in [-0.15, -0.1) is 0 Å². The zero-order valence-corrected chi connectivity index (χ0v) is 15.0. The van der Waals surface area contributed by atoms with E-state index in [9.17, 15) is 19.5 Å². The van der Waals surface area contributed by atoms with Crippen molar-refractivity contribution in [2.24, 2.45) is 0 Å². The van der Waals surface area contributed by atoms with Crippen LogP contribution in [0, 0.1) is 0 Å². The highest BCUT2D eigenvalue weighted by Crippen LogP contribution is 2.36. The van der Waals surface area contributed by atoms with Crippen LogP contribution in [0.5, 0.6) is 11.5 Å². The van der Waals surface area contributed by atoms with Crippen molar-refractivity contribution in [1.82, 2.24) is 0 Å². The number of hydrogen-bond acceptors (Lipinski definition) is 7. The average Bonchev–Trinajstić information content (AvgIpc) is 2.60. The second-order valence-electron chi connectivity index (χ2n) is 5.98. The van der Waals surface area contributed by atoms with Crippen LogP contribution in [-0.4, -0.2) is 49.1 Å². The van der Waals surface area contributed by atoms with Crippen molar-refractivity contribution < 1.29 is 33.7 Å². The lowest BCUT2D eigenvalue weighted by Crippen LogP contribution is -2.29. The van der Waals surface area contributed by atoms with E-state index < -0.39 is 23.1 Å². The van der Waals surface area contributed by atoms with Gasteiger partial charge < -0.3 is 19.3 Å². The van der Waals surface area contributed by atoms with Gasteiger partial charge in [-0.05, 0) is 31.2 Å². The molecule has 0 unspecified atom stereocenters. The molecule has 0 amide bonds. The number of rotatable bonds is 6. The number of methoxy groups -OCH3 is 2. The summed E-state index contributed by atoms with van der Waals surface area (Å²) >= 11 is 0. The largest absolute Gasteiger partial charge is 0.496 e. The predicted octanol–water partition coefficient (Wildman–Crippen LogP) is 1.88. The Balaban J connectivity index is 2.39. The molecule has 7 heteroatoms. The van der Waals surface area contributed by atoms with Gasteiger partial charge in [-0.3, -0.25) is 14.4 Å². The summed E-state index contributed by atoms with van der Waals surface area (Å²) in [6.45, 7) is 2.36. The summed E-state index contributed by atoms with van der Waals surface area (Å²) in [4.78, 5) is 36.2. The van der Waals surface area contributed by atoms with E-state index in [4.69, 9.17) is 14.2 Å². The average molecular weight is 360 g/mol. The van der Waals surface area contributed by atoms with Crippen LogP contribution in [0.3, 0.4) is 0 Å². The van der Waals surface area contributed by atoms with E-state index in [1.165, 1.54) is 46.3 Å². The van der Waals surface area contributed by atoms with Gasteiger partial charge in [0.2, 0.25) is 0 Å². The first-order valence-electron chi connectivity index (χ1n) is 7.81. The van der Waals surface area contributed by atoms with Crippen molar-refractivity contribution >= 4 is 17.5 Å². The van der Waals surface area contributed by atoms with Gasteiger partial charge in [0.05, 0.1) is 25.3 Å². The van der Waals surface area contributed by atoms with E-state index in [0.717, 1.165) is 0 Å². The molecule has 0 aliphatic heterocycles. The van der Waals surface area contributed by atoms with E-state index in [0.29, 0.717) is 0 Å². The quantitative estimate of drug-likeness (QED) is 0.773. The summed E-state index contributed by atoms with van der Waals surface area (Å²) < 4.78 is 15.1. The molecule has 0 heterocycles. The number of hydrogen-bond donors (Lipinski definition) is 1. The number of carbonyl (C=O) groups is 3. The summed E-state index contributed by atoms with van der Waals surface area (Å²) in [6, 6.07) is 3.10. The molecule has 138 valence electrons. The minimum atomic E-state index is -1.49. The molecule has 1 aromatic carbocycles. The first-order valence-corrected chi connectivity index (χ1v) is 7.81. The summed E-state index contributed by atoms with van der Waals surface area (Å²) in [5.74, 6) is -0.845. The second kappa shape index (κ2) is 7.53. The summed E-state index contributed by atoms with van der Waals surface area (Å²) in [5, 5.41) is 10.2. The summed E-state index contributed by atoms with van der Waals surface area (Å²) in [7, 11) is 2.81. The fourth-order valence-corrected chi connectivity index (χ4v) is 2.49. The van der Waals surface area contributed by atoms with Crippen molar-refractivity contribution in [3.8, 4) is 11.5 Å². The number of fused-ring (bicyclic) bond motifs is 1. The molecule has 0 bridgehead atoms. The Bertz CT molecular complexity index is 815. The molecule has 0 fully saturated rings. The second-order valence-corrected chi connectivity index (χ2v) is 5.98. The third-order valence-corrected chi connectivity index (χ3v) is 3.78. The molecule has 1 aliphatic carbocycles. The van der Waals surface area contributed by atoms with Crippen molar-refractivity contribution in [2.75, 3.05) is 20.8 Å². The monoisotopic (exact) mass is 360 g/mol. The maximum atomic E-state index is 12.8. The first kappa shape index (κ1) is 19.4. The molecular weight excluding hydrogens is 340 g/mol. The van der Waals surface area contributed by atoms with Crippen LogP contribution in [0.25, 0.3) is 0 Å². The molecule has 7 nitrogen and oxygen atoms in total. The molecule has 26 heavy (non-hydrogen) atoms. The lowest BCUT2D eigenvalue weighted by Gasteiger charge is -2.20. The minimum Gasteiger partial charge on any atom is -0.496 e. The number of allylic oxidation sites excluding steroid dienone is 3. The van der Waals surface area contributed by atoms with Gasteiger partial charge in [-0.1, -0.05) is 6.08 Å². The van der Waals surface area contributed by atoms with Crippen molar-refractivity contribution in [1.29, 1.82) is 0 Å². The Hall–Kier alpha value is -2.93. The van der Waals surface area contributed by atoms with E-state index in [1.54, 1.807) is 12.1 Å². The highest BCUT2D eigenvalue weighted by Gasteiger charge is 2.31. The number of esters is 1. The Morgan fingerprint density at radius 3 is 2.27 bits per heavy atom. The molecule has 1 N–H and O–H groups in total. The smallest absolute Gasteiger partial charge is 0.302 e. The lowest BCUT2D eigenvalue weighted by molar-refractivity contribution is -0.145. The number of carbonyl (C=O) groups excluding carboxylic acids is 3. The van der Waals surface area contributed by atoms with Crippen molar-refractivity contribution in [2.45, 2.75) is 19.4 Å². The lowest BCUT2D eigenvalue weighted by atomic mass is 9.87. The topological polar surface area (TPSA) is 99.1 Å². The molecular formula is C19H20O7. The van der Waals surface area contributed by atoms with Crippen molar-refractivity contribution in [3.63, 3.8) is 0 Å². The minimum absolute atomic E-state index is 0.0807. The van der Waals surface area contributed by atoms with E-state index >= 15 is 0 Å². The summed E-state index contributed by atoms with van der Waals surface area (Å²) in [6.07, 6.45) is 3.79.